The molecule has 2 aliphatic rings. The van der Waals surface area contributed by atoms with Gasteiger partial charge in [-0.2, -0.15) is 0 Å². The summed E-state index contributed by atoms with van der Waals surface area (Å²) in [5.74, 6) is 0.908. The van der Waals surface area contributed by atoms with E-state index in [2.05, 4.69) is 29.2 Å². The van der Waals surface area contributed by atoms with Gasteiger partial charge >= 0.3 is 0 Å². The summed E-state index contributed by atoms with van der Waals surface area (Å²) in [5.41, 5.74) is 2.29. The minimum Gasteiger partial charge on any atom is -0.491 e. The number of ether oxygens (including phenoxy) is 1. The van der Waals surface area contributed by atoms with E-state index in [-0.39, 0.29) is 16.6 Å². The molecule has 0 N–H and O–H groups in total. The Morgan fingerprint density at radius 1 is 1.19 bits per heavy atom. The second-order valence-corrected chi connectivity index (χ2v) is 7.57. The van der Waals surface area contributed by atoms with Gasteiger partial charge in [0.25, 0.3) is 0 Å². The van der Waals surface area contributed by atoms with Crippen molar-refractivity contribution in [3.05, 3.63) is 64.2 Å². The largest absolute Gasteiger partial charge is 0.491 e. The Balaban J connectivity index is 1.38. The summed E-state index contributed by atoms with van der Waals surface area (Å²) in [6.07, 6.45) is 1.88. The van der Waals surface area contributed by atoms with E-state index in [1.165, 1.54) is 5.56 Å². The fraction of sp³-hybridized carbons (Fsp3) is 0.364. The van der Waals surface area contributed by atoms with Crippen molar-refractivity contribution >= 4 is 23.2 Å². The van der Waals surface area contributed by atoms with Crippen LogP contribution in [0.15, 0.2) is 42.5 Å². The molecular formula is C22H22ClNO3. The van der Waals surface area contributed by atoms with Crippen molar-refractivity contribution in [2.45, 2.75) is 25.2 Å². The third kappa shape index (κ3) is 3.78. The van der Waals surface area contributed by atoms with Gasteiger partial charge in [0.2, 0.25) is 0 Å². The smallest absolute Gasteiger partial charge is 0.170 e. The summed E-state index contributed by atoms with van der Waals surface area (Å²) in [5, 5.41) is 0.272. The number of rotatable bonds is 5. The Morgan fingerprint density at radius 3 is 2.81 bits per heavy atom. The Hall–Kier alpha value is -2.17. The van der Waals surface area contributed by atoms with Crippen molar-refractivity contribution in [3.63, 3.8) is 0 Å². The number of carbonyl (C=O) groups excluding carboxylic acids is 2. The van der Waals surface area contributed by atoms with Gasteiger partial charge in [-0.1, -0.05) is 41.9 Å². The van der Waals surface area contributed by atoms with Crippen molar-refractivity contribution in [3.8, 4) is 5.75 Å². The first-order valence-corrected chi connectivity index (χ1v) is 9.80. The molecule has 1 unspecified atom stereocenters. The lowest BCUT2D eigenvalue weighted by Gasteiger charge is -2.19. The SMILES string of the molecule is O=C(CCN1CCC(c2ccccc2)C1)c1ccc2c(c1Cl)OCCC2=O. The second kappa shape index (κ2) is 7.83. The number of likely N-dealkylation sites (tertiary alicyclic amines) is 1. The quantitative estimate of drug-likeness (QED) is 0.719. The monoisotopic (exact) mass is 383 g/mol. The number of halogens is 1. The molecule has 2 aromatic rings. The fourth-order valence-electron chi connectivity index (χ4n) is 3.94. The van der Waals surface area contributed by atoms with Crippen LogP contribution in [0, 0.1) is 0 Å². The lowest BCUT2D eigenvalue weighted by atomic mass is 9.99. The molecule has 5 heteroatoms. The molecule has 1 fully saturated rings. The predicted octanol–water partition coefficient (Wildman–Crippen LogP) is 4.37. The summed E-state index contributed by atoms with van der Waals surface area (Å²) in [6, 6.07) is 13.9. The van der Waals surface area contributed by atoms with Gasteiger partial charge in [-0.3, -0.25) is 9.59 Å². The third-order valence-corrected chi connectivity index (χ3v) is 5.85. The predicted molar refractivity (Wildman–Crippen MR) is 105 cm³/mol. The molecule has 0 saturated carbocycles. The lowest BCUT2D eigenvalue weighted by Crippen LogP contribution is -2.24. The van der Waals surface area contributed by atoms with Gasteiger partial charge in [-0.05, 0) is 36.6 Å². The molecule has 0 amide bonds. The molecule has 0 aliphatic carbocycles. The van der Waals surface area contributed by atoms with Crippen LogP contribution in [0.4, 0.5) is 0 Å². The van der Waals surface area contributed by atoms with Crippen molar-refractivity contribution in [1.82, 2.24) is 4.90 Å². The van der Waals surface area contributed by atoms with Gasteiger partial charge in [0.1, 0.15) is 5.75 Å². The second-order valence-electron chi connectivity index (χ2n) is 7.20. The Labute approximate surface area is 164 Å². The number of fused-ring (bicyclic) bond motifs is 1. The number of hydrogen-bond acceptors (Lipinski definition) is 4. The van der Waals surface area contributed by atoms with Crippen molar-refractivity contribution in [2.24, 2.45) is 0 Å². The van der Waals surface area contributed by atoms with E-state index in [0.29, 0.717) is 42.2 Å². The zero-order valence-corrected chi connectivity index (χ0v) is 15.9. The van der Waals surface area contributed by atoms with Gasteiger partial charge in [-0.25, -0.2) is 0 Å². The van der Waals surface area contributed by atoms with Crippen LogP contribution in [-0.2, 0) is 0 Å². The molecule has 2 aliphatic heterocycles. The highest BCUT2D eigenvalue weighted by Crippen LogP contribution is 2.36. The van der Waals surface area contributed by atoms with Gasteiger partial charge < -0.3 is 9.64 Å². The standard InChI is InChI=1S/C22H22ClNO3/c23-21-17(6-7-18-20(26)10-13-27-22(18)21)19(25)9-12-24-11-8-16(14-24)15-4-2-1-3-5-15/h1-7,16H,8-14H2. The van der Waals surface area contributed by atoms with Gasteiger partial charge in [0.05, 0.1) is 17.2 Å². The number of carbonyl (C=O) groups is 2. The molecule has 4 rings (SSSR count). The van der Waals surface area contributed by atoms with Crippen molar-refractivity contribution in [1.29, 1.82) is 0 Å². The molecule has 0 bridgehead atoms. The van der Waals surface area contributed by atoms with Crippen LogP contribution in [-0.4, -0.2) is 42.7 Å². The van der Waals surface area contributed by atoms with E-state index >= 15 is 0 Å². The first-order chi connectivity index (χ1) is 13.1. The average molecular weight is 384 g/mol. The van der Waals surface area contributed by atoms with E-state index in [0.717, 1.165) is 26.1 Å². The first kappa shape index (κ1) is 18.2. The van der Waals surface area contributed by atoms with Crippen LogP contribution in [0.2, 0.25) is 5.02 Å². The Bertz CT molecular complexity index is 865. The molecule has 27 heavy (non-hydrogen) atoms. The van der Waals surface area contributed by atoms with E-state index in [1.54, 1.807) is 12.1 Å². The Morgan fingerprint density at radius 2 is 2.00 bits per heavy atom. The summed E-state index contributed by atoms with van der Waals surface area (Å²) < 4.78 is 5.54. The minimum absolute atomic E-state index is 0.00687. The highest BCUT2D eigenvalue weighted by molar-refractivity contribution is 6.36. The number of hydrogen-bond donors (Lipinski definition) is 0. The van der Waals surface area contributed by atoms with Crippen molar-refractivity contribution in [2.75, 3.05) is 26.2 Å². The number of ketones is 2. The number of benzene rings is 2. The Kier molecular flexibility index (Phi) is 5.28. The van der Waals surface area contributed by atoms with Gasteiger partial charge in [0.15, 0.2) is 11.6 Å². The molecule has 140 valence electrons. The molecule has 0 aromatic heterocycles. The van der Waals surface area contributed by atoms with Crippen LogP contribution in [0.25, 0.3) is 0 Å². The van der Waals surface area contributed by atoms with Gasteiger partial charge in [-0.15, -0.1) is 0 Å². The zero-order chi connectivity index (χ0) is 18.8. The molecule has 0 radical (unpaired) electrons. The maximum absolute atomic E-state index is 12.7. The van der Waals surface area contributed by atoms with Crippen molar-refractivity contribution < 1.29 is 14.3 Å². The highest BCUT2D eigenvalue weighted by atomic mass is 35.5. The van der Waals surface area contributed by atoms with E-state index in [4.69, 9.17) is 16.3 Å². The summed E-state index contributed by atoms with van der Waals surface area (Å²) in [6.45, 7) is 3.02. The van der Waals surface area contributed by atoms with E-state index in [9.17, 15) is 9.59 Å². The van der Waals surface area contributed by atoms with Crippen LogP contribution in [0.5, 0.6) is 5.75 Å². The highest BCUT2D eigenvalue weighted by Gasteiger charge is 2.27. The maximum Gasteiger partial charge on any atom is 0.170 e. The number of Topliss-reactive ketones (excluding diaryl/α,β-unsaturated/α-hetero) is 2. The van der Waals surface area contributed by atoms with Crippen LogP contribution >= 0.6 is 11.6 Å². The molecular weight excluding hydrogens is 362 g/mol. The fourth-order valence-corrected chi connectivity index (χ4v) is 4.26. The minimum atomic E-state index is -0.00687. The van der Waals surface area contributed by atoms with Gasteiger partial charge in [0, 0.05) is 31.5 Å². The topological polar surface area (TPSA) is 46.6 Å². The zero-order valence-electron chi connectivity index (χ0n) is 15.1. The first-order valence-electron chi connectivity index (χ1n) is 9.42. The average Bonchev–Trinajstić information content (AvgIpc) is 3.17. The summed E-state index contributed by atoms with van der Waals surface area (Å²) >= 11 is 6.37. The third-order valence-electron chi connectivity index (χ3n) is 5.47. The molecule has 2 aromatic carbocycles. The summed E-state index contributed by atoms with van der Waals surface area (Å²) in [7, 11) is 0. The van der Waals surface area contributed by atoms with Crippen LogP contribution in [0.3, 0.4) is 0 Å². The number of nitrogens with zero attached hydrogens (tertiary/aromatic N) is 1. The van der Waals surface area contributed by atoms with E-state index < -0.39 is 0 Å². The van der Waals surface area contributed by atoms with E-state index in [1.807, 2.05) is 6.07 Å². The lowest BCUT2D eigenvalue weighted by molar-refractivity contribution is 0.0927. The van der Waals surface area contributed by atoms with Crippen LogP contribution < -0.4 is 4.74 Å². The summed E-state index contributed by atoms with van der Waals surface area (Å²) in [4.78, 5) is 27.0. The molecule has 1 saturated heterocycles. The molecule has 4 nitrogen and oxygen atoms in total. The molecule has 2 heterocycles. The normalized spacial score (nSPS) is 19.6. The van der Waals surface area contributed by atoms with Crippen LogP contribution in [0.1, 0.15) is 51.5 Å². The molecule has 0 spiro atoms. The molecule has 1 atom stereocenters. The maximum atomic E-state index is 12.7.